The quantitative estimate of drug-likeness (QED) is 0.681. The van der Waals surface area contributed by atoms with Crippen molar-refractivity contribution in [2.75, 3.05) is 5.73 Å². The Morgan fingerprint density at radius 1 is 1.29 bits per heavy atom. The van der Waals surface area contributed by atoms with Gasteiger partial charge in [0.05, 0.1) is 11.2 Å². The van der Waals surface area contributed by atoms with Gasteiger partial charge in [0.2, 0.25) is 0 Å². The first-order valence-corrected chi connectivity index (χ1v) is 3.48. The second-order valence-corrected chi connectivity index (χ2v) is 2.57. The zero-order valence-corrected chi connectivity index (χ0v) is 9.21. The molecule has 0 unspecified atom stereocenters. The van der Waals surface area contributed by atoms with Crippen LogP contribution in [0.1, 0.15) is 5.82 Å². The van der Waals surface area contributed by atoms with E-state index in [2.05, 4.69) is 9.97 Å². The highest BCUT2D eigenvalue weighted by atomic mass is 35.5. The molecule has 0 amide bonds. The zero-order valence-electron chi connectivity index (χ0n) is 7.57. The summed E-state index contributed by atoms with van der Waals surface area (Å²) in [6, 6.07) is 5.73. The number of nitrogen functional groups attached to an aromatic ring is 1. The van der Waals surface area contributed by atoms with Crippen molar-refractivity contribution in [3.05, 3.63) is 24.0 Å². The number of para-hydroxylation sites is 1. The van der Waals surface area contributed by atoms with Gasteiger partial charge in [-0.2, -0.15) is 0 Å². The average molecular weight is 238 g/mol. The number of nitrogens with zero attached hydrogens (tertiary/aromatic N) is 1. The number of imidazole rings is 1. The summed E-state index contributed by atoms with van der Waals surface area (Å²) in [5.74, 6) is 0.901. The third-order valence-corrected chi connectivity index (χ3v) is 1.66. The lowest BCUT2D eigenvalue weighted by Crippen LogP contribution is -1.84. The van der Waals surface area contributed by atoms with Gasteiger partial charge in [-0.05, 0) is 19.1 Å². The summed E-state index contributed by atoms with van der Waals surface area (Å²) in [7, 11) is 0. The maximum absolute atomic E-state index is 5.69. The molecule has 0 atom stereocenters. The summed E-state index contributed by atoms with van der Waals surface area (Å²) >= 11 is 0. The third kappa shape index (κ3) is 2.51. The predicted molar refractivity (Wildman–Crippen MR) is 63.4 cm³/mol. The summed E-state index contributed by atoms with van der Waals surface area (Å²) in [4.78, 5) is 7.34. The number of hydrogen-bond donors (Lipinski definition) is 2. The van der Waals surface area contributed by atoms with Crippen LogP contribution in [-0.4, -0.2) is 15.4 Å². The number of fused-ring (bicyclic) bond motifs is 1. The molecule has 0 spiro atoms. The molecular weight excluding hydrogens is 225 g/mol. The van der Waals surface area contributed by atoms with E-state index in [-0.39, 0.29) is 30.3 Å². The van der Waals surface area contributed by atoms with Gasteiger partial charge < -0.3 is 16.2 Å². The second kappa shape index (κ2) is 5.70. The van der Waals surface area contributed by atoms with Crippen molar-refractivity contribution in [1.82, 2.24) is 9.97 Å². The van der Waals surface area contributed by atoms with Crippen LogP contribution in [0.3, 0.4) is 0 Å². The van der Waals surface area contributed by atoms with Crippen LogP contribution in [0.5, 0.6) is 0 Å². The van der Waals surface area contributed by atoms with Crippen LogP contribution in [0.25, 0.3) is 11.0 Å². The maximum Gasteiger partial charge on any atom is 0.111 e. The Labute approximate surface area is 94.0 Å². The van der Waals surface area contributed by atoms with E-state index in [9.17, 15) is 0 Å². The zero-order chi connectivity index (χ0) is 7.84. The van der Waals surface area contributed by atoms with Crippen LogP contribution in [0, 0.1) is 6.92 Å². The van der Waals surface area contributed by atoms with Gasteiger partial charge in [0.1, 0.15) is 11.3 Å². The van der Waals surface area contributed by atoms with Crippen molar-refractivity contribution in [2.45, 2.75) is 6.92 Å². The molecule has 0 aliphatic rings. The van der Waals surface area contributed by atoms with Crippen LogP contribution in [0.4, 0.5) is 5.69 Å². The molecule has 80 valence electrons. The number of rotatable bonds is 0. The fourth-order valence-corrected chi connectivity index (χ4v) is 1.18. The molecule has 14 heavy (non-hydrogen) atoms. The molecule has 0 bridgehead atoms. The molecule has 0 radical (unpaired) electrons. The minimum atomic E-state index is 0. The Morgan fingerprint density at radius 2 is 1.93 bits per heavy atom. The first kappa shape index (κ1) is 15.5. The molecule has 2 aromatic rings. The molecule has 2 rings (SSSR count). The van der Waals surface area contributed by atoms with Crippen molar-refractivity contribution in [3.8, 4) is 0 Å². The first-order chi connectivity index (χ1) is 5.27. The van der Waals surface area contributed by atoms with E-state index in [0.717, 1.165) is 22.5 Å². The van der Waals surface area contributed by atoms with Gasteiger partial charge in [-0.3, -0.25) is 0 Å². The topological polar surface area (TPSA) is 86.2 Å². The van der Waals surface area contributed by atoms with Gasteiger partial charge in [-0.1, -0.05) is 6.07 Å². The van der Waals surface area contributed by atoms with Gasteiger partial charge in [0.15, 0.2) is 0 Å². The molecular formula is C8H13Cl2N3O. The predicted octanol–water partition coefficient (Wildman–Crippen LogP) is 1.47. The number of H-pyrrole nitrogens is 1. The van der Waals surface area contributed by atoms with Crippen LogP contribution in [0.15, 0.2) is 18.2 Å². The number of nitrogens with two attached hydrogens (primary N) is 1. The largest absolute Gasteiger partial charge is 0.412 e. The minimum absolute atomic E-state index is 0. The van der Waals surface area contributed by atoms with E-state index in [1.54, 1.807) is 0 Å². The SMILES string of the molecule is Cc1nc2c(N)cccc2[nH]1.Cl.Cl.O. The first-order valence-electron chi connectivity index (χ1n) is 3.48. The summed E-state index contributed by atoms with van der Waals surface area (Å²) in [5.41, 5.74) is 8.28. The van der Waals surface area contributed by atoms with E-state index in [1.807, 2.05) is 25.1 Å². The van der Waals surface area contributed by atoms with Crippen molar-refractivity contribution in [2.24, 2.45) is 0 Å². The fourth-order valence-electron chi connectivity index (χ4n) is 1.18. The Kier molecular flexibility index (Phi) is 6.31. The number of halogens is 2. The summed E-state index contributed by atoms with van der Waals surface area (Å²) in [6.45, 7) is 1.92. The van der Waals surface area contributed by atoms with E-state index >= 15 is 0 Å². The molecule has 1 heterocycles. The average Bonchev–Trinajstić information content (AvgIpc) is 2.31. The van der Waals surface area contributed by atoms with Gasteiger partial charge >= 0.3 is 0 Å². The van der Waals surface area contributed by atoms with Crippen molar-refractivity contribution in [1.29, 1.82) is 0 Å². The van der Waals surface area contributed by atoms with Crippen molar-refractivity contribution >= 4 is 41.5 Å². The highest BCUT2D eigenvalue weighted by Gasteiger charge is 2.00. The van der Waals surface area contributed by atoms with E-state index in [0.29, 0.717) is 0 Å². The molecule has 0 saturated carbocycles. The van der Waals surface area contributed by atoms with Gasteiger partial charge in [0, 0.05) is 0 Å². The van der Waals surface area contributed by atoms with E-state index in [1.165, 1.54) is 0 Å². The van der Waals surface area contributed by atoms with Gasteiger partial charge in [0.25, 0.3) is 0 Å². The van der Waals surface area contributed by atoms with Gasteiger partial charge in [-0.25, -0.2) is 4.98 Å². The molecule has 0 aliphatic heterocycles. The smallest absolute Gasteiger partial charge is 0.111 e. The standard InChI is InChI=1S/C8H9N3.2ClH.H2O/c1-5-10-7-4-2-3-6(9)8(7)11-5;;;/h2-4H,9H2,1H3,(H,10,11);2*1H;1H2. The molecule has 0 saturated heterocycles. The number of aromatic nitrogens is 2. The molecule has 4 nitrogen and oxygen atoms in total. The monoisotopic (exact) mass is 237 g/mol. The second-order valence-electron chi connectivity index (χ2n) is 2.57. The Hall–Kier alpha value is -0.970. The lowest BCUT2D eigenvalue weighted by atomic mass is 10.3. The van der Waals surface area contributed by atoms with Crippen LogP contribution in [-0.2, 0) is 0 Å². The number of anilines is 1. The molecule has 6 heteroatoms. The van der Waals surface area contributed by atoms with E-state index in [4.69, 9.17) is 5.73 Å². The molecule has 0 aliphatic carbocycles. The Bertz CT molecular complexity index is 402. The minimum Gasteiger partial charge on any atom is -0.412 e. The Balaban J connectivity index is 0. The van der Waals surface area contributed by atoms with Gasteiger partial charge in [-0.15, -0.1) is 24.8 Å². The molecule has 0 fully saturated rings. The highest BCUT2D eigenvalue weighted by molar-refractivity contribution is 5.86. The summed E-state index contributed by atoms with van der Waals surface area (Å²) < 4.78 is 0. The normalized spacial score (nSPS) is 8.36. The number of aryl methyl sites for hydroxylation is 1. The van der Waals surface area contributed by atoms with Crippen molar-refractivity contribution < 1.29 is 5.48 Å². The number of nitrogens with one attached hydrogen (secondary N) is 1. The lowest BCUT2D eigenvalue weighted by Gasteiger charge is -1.90. The van der Waals surface area contributed by atoms with Crippen LogP contribution < -0.4 is 5.73 Å². The van der Waals surface area contributed by atoms with Crippen LogP contribution >= 0.6 is 24.8 Å². The molecule has 1 aromatic heterocycles. The maximum atomic E-state index is 5.69. The number of aromatic amines is 1. The number of hydrogen-bond acceptors (Lipinski definition) is 2. The van der Waals surface area contributed by atoms with Crippen molar-refractivity contribution in [3.63, 3.8) is 0 Å². The molecule has 5 N–H and O–H groups in total. The summed E-state index contributed by atoms with van der Waals surface area (Å²) in [6.07, 6.45) is 0. The Morgan fingerprint density at radius 3 is 2.50 bits per heavy atom. The summed E-state index contributed by atoms with van der Waals surface area (Å²) in [5, 5.41) is 0. The lowest BCUT2D eigenvalue weighted by molar-refractivity contribution is 0.824. The highest BCUT2D eigenvalue weighted by Crippen LogP contribution is 2.17. The third-order valence-electron chi connectivity index (χ3n) is 1.66. The molecule has 1 aromatic carbocycles. The van der Waals surface area contributed by atoms with Crippen LogP contribution in [0.2, 0.25) is 0 Å². The fraction of sp³-hybridized carbons (Fsp3) is 0.125. The van der Waals surface area contributed by atoms with E-state index < -0.39 is 0 Å². The number of benzene rings is 1.